The predicted octanol–water partition coefficient (Wildman–Crippen LogP) is 3.47. The van der Waals surface area contributed by atoms with Crippen molar-refractivity contribution in [1.82, 2.24) is 20.3 Å². The zero-order valence-electron chi connectivity index (χ0n) is 15.0. The molecule has 6 nitrogen and oxygen atoms in total. The summed E-state index contributed by atoms with van der Waals surface area (Å²) in [6.45, 7) is 0.519. The number of carbonyl (C=O) groups is 1. The standard InChI is InChI=1S/C22H17N5O/c23-10-18-13-27-21-6-1-15(9-20(18)21)7-8-26-22(28)17-4-2-16(3-5-17)19-11-24-14-25-12-19/h1-6,9,11-14,27H,7-8H2,(H,26,28). The Morgan fingerprint density at radius 2 is 1.86 bits per heavy atom. The molecule has 6 heteroatoms. The number of rotatable bonds is 5. The highest BCUT2D eigenvalue weighted by Gasteiger charge is 2.07. The second-order valence-electron chi connectivity index (χ2n) is 6.40. The fourth-order valence-corrected chi connectivity index (χ4v) is 3.10. The monoisotopic (exact) mass is 367 g/mol. The summed E-state index contributed by atoms with van der Waals surface area (Å²) in [5, 5.41) is 13.0. The van der Waals surface area contributed by atoms with Crippen LogP contribution in [0.2, 0.25) is 0 Å². The van der Waals surface area contributed by atoms with Gasteiger partial charge < -0.3 is 10.3 Å². The molecule has 0 aliphatic rings. The van der Waals surface area contributed by atoms with Gasteiger partial charge >= 0.3 is 0 Å². The number of aromatic amines is 1. The highest BCUT2D eigenvalue weighted by molar-refractivity contribution is 5.94. The molecule has 4 rings (SSSR count). The van der Waals surface area contributed by atoms with Gasteiger partial charge in [-0.1, -0.05) is 18.2 Å². The molecule has 2 heterocycles. The molecule has 1 amide bonds. The lowest BCUT2D eigenvalue weighted by Crippen LogP contribution is -2.25. The quantitative estimate of drug-likeness (QED) is 0.565. The molecule has 2 N–H and O–H groups in total. The van der Waals surface area contributed by atoms with Crippen LogP contribution >= 0.6 is 0 Å². The van der Waals surface area contributed by atoms with Gasteiger partial charge in [-0.2, -0.15) is 5.26 Å². The Kier molecular flexibility index (Phi) is 4.81. The molecular formula is C22H17N5O. The molecule has 0 aliphatic carbocycles. The average molecular weight is 367 g/mol. The van der Waals surface area contributed by atoms with Gasteiger partial charge in [0.1, 0.15) is 12.4 Å². The third-order valence-electron chi connectivity index (χ3n) is 4.61. The highest BCUT2D eigenvalue weighted by Crippen LogP contribution is 2.20. The maximum Gasteiger partial charge on any atom is 0.251 e. The molecule has 2 aromatic carbocycles. The largest absolute Gasteiger partial charge is 0.360 e. The van der Waals surface area contributed by atoms with Crippen LogP contribution in [0, 0.1) is 11.3 Å². The van der Waals surface area contributed by atoms with Crippen LogP contribution in [-0.2, 0) is 6.42 Å². The zero-order valence-corrected chi connectivity index (χ0v) is 15.0. The first-order valence-corrected chi connectivity index (χ1v) is 8.88. The Balaban J connectivity index is 1.37. The van der Waals surface area contributed by atoms with Gasteiger partial charge in [-0.3, -0.25) is 4.79 Å². The molecule has 0 fully saturated rings. The minimum absolute atomic E-state index is 0.115. The van der Waals surface area contributed by atoms with Gasteiger partial charge in [-0.05, 0) is 41.8 Å². The van der Waals surface area contributed by atoms with Crippen LogP contribution in [0.5, 0.6) is 0 Å². The van der Waals surface area contributed by atoms with Gasteiger partial charge in [0.25, 0.3) is 5.91 Å². The molecule has 0 bridgehead atoms. The number of fused-ring (bicyclic) bond motifs is 1. The van der Waals surface area contributed by atoms with Crippen molar-refractivity contribution < 1.29 is 4.79 Å². The smallest absolute Gasteiger partial charge is 0.251 e. The summed E-state index contributed by atoms with van der Waals surface area (Å²) >= 11 is 0. The molecule has 0 saturated carbocycles. The number of nitrogens with zero attached hydrogens (tertiary/aromatic N) is 3. The van der Waals surface area contributed by atoms with Crippen LogP contribution in [0.1, 0.15) is 21.5 Å². The van der Waals surface area contributed by atoms with E-state index in [-0.39, 0.29) is 5.91 Å². The third kappa shape index (κ3) is 3.60. The summed E-state index contributed by atoms with van der Waals surface area (Å²) < 4.78 is 0. The first kappa shape index (κ1) is 17.4. The number of hydrogen-bond acceptors (Lipinski definition) is 4. The van der Waals surface area contributed by atoms with E-state index in [4.69, 9.17) is 5.26 Å². The number of H-pyrrole nitrogens is 1. The molecule has 0 unspecified atom stereocenters. The number of nitrogens with one attached hydrogen (secondary N) is 2. The van der Waals surface area contributed by atoms with Crippen molar-refractivity contribution in [3.63, 3.8) is 0 Å². The average Bonchev–Trinajstić information content (AvgIpc) is 3.17. The second kappa shape index (κ2) is 7.72. The number of hydrogen-bond donors (Lipinski definition) is 2. The maximum absolute atomic E-state index is 12.4. The van der Waals surface area contributed by atoms with Crippen molar-refractivity contribution in [2.24, 2.45) is 0 Å². The lowest BCUT2D eigenvalue weighted by atomic mass is 10.1. The summed E-state index contributed by atoms with van der Waals surface area (Å²) in [7, 11) is 0. The molecule has 0 atom stereocenters. The Hall–Kier alpha value is -3.98. The molecule has 0 saturated heterocycles. The van der Waals surface area contributed by atoms with Crippen LogP contribution in [0.4, 0.5) is 0 Å². The van der Waals surface area contributed by atoms with Gasteiger partial charge in [0.05, 0.1) is 5.56 Å². The predicted molar refractivity (Wildman–Crippen MR) is 107 cm³/mol. The minimum atomic E-state index is -0.115. The second-order valence-corrected chi connectivity index (χ2v) is 6.40. The van der Waals surface area contributed by atoms with E-state index in [1.54, 1.807) is 30.7 Å². The number of amides is 1. The van der Waals surface area contributed by atoms with Crippen molar-refractivity contribution in [1.29, 1.82) is 5.26 Å². The minimum Gasteiger partial charge on any atom is -0.360 e. The van der Waals surface area contributed by atoms with Crippen molar-refractivity contribution >= 4 is 16.8 Å². The Morgan fingerprint density at radius 3 is 2.61 bits per heavy atom. The molecule has 28 heavy (non-hydrogen) atoms. The van der Waals surface area contributed by atoms with Crippen LogP contribution in [0.25, 0.3) is 22.0 Å². The van der Waals surface area contributed by atoms with Gasteiger partial charge in [0.2, 0.25) is 0 Å². The van der Waals surface area contributed by atoms with E-state index in [1.807, 2.05) is 30.3 Å². The lowest BCUT2D eigenvalue weighted by Gasteiger charge is -2.07. The van der Waals surface area contributed by atoms with Crippen molar-refractivity contribution in [3.05, 3.63) is 84.1 Å². The van der Waals surface area contributed by atoms with Gasteiger partial charge in [-0.25, -0.2) is 9.97 Å². The van der Waals surface area contributed by atoms with E-state index in [0.29, 0.717) is 24.1 Å². The van der Waals surface area contributed by atoms with E-state index >= 15 is 0 Å². The fourth-order valence-electron chi connectivity index (χ4n) is 3.10. The molecular weight excluding hydrogens is 350 g/mol. The van der Waals surface area contributed by atoms with E-state index < -0.39 is 0 Å². The lowest BCUT2D eigenvalue weighted by molar-refractivity contribution is 0.0954. The molecule has 0 aliphatic heterocycles. The number of benzene rings is 2. The fraction of sp³-hybridized carbons (Fsp3) is 0.0909. The van der Waals surface area contributed by atoms with Crippen LogP contribution in [0.15, 0.2) is 67.4 Å². The van der Waals surface area contributed by atoms with Gasteiger partial charge in [0.15, 0.2) is 0 Å². The van der Waals surface area contributed by atoms with Crippen molar-refractivity contribution in [3.8, 4) is 17.2 Å². The highest BCUT2D eigenvalue weighted by atomic mass is 16.1. The Bertz CT molecular complexity index is 1160. The van der Waals surface area contributed by atoms with Crippen molar-refractivity contribution in [2.75, 3.05) is 6.54 Å². The number of carbonyl (C=O) groups excluding carboxylic acids is 1. The van der Waals surface area contributed by atoms with E-state index in [2.05, 4.69) is 26.3 Å². The molecule has 136 valence electrons. The Morgan fingerprint density at radius 1 is 1.07 bits per heavy atom. The van der Waals surface area contributed by atoms with Crippen LogP contribution < -0.4 is 5.32 Å². The first-order chi connectivity index (χ1) is 13.7. The normalized spacial score (nSPS) is 10.5. The van der Waals surface area contributed by atoms with Crippen LogP contribution in [0.3, 0.4) is 0 Å². The topological polar surface area (TPSA) is 94.5 Å². The Labute approximate surface area is 161 Å². The van der Waals surface area contributed by atoms with Crippen molar-refractivity contribution in [2.45, 2.75) is 6.42 Å². The maximum atomic E-state index is 12.4. The van der Waals surface area contributed by atoms with Gasteiger partial charge in [0, 0.05) is 47.2 Å². The zero-order chi connectivity index (χ0) is 19.3. The number of aromatic nitrogens is 3. The summed E-state index contributed by atoms with van der Waals surface area (Å²) in [6, 6.07) is 15.5. The first-order valence-electron chi connectivity index (χ1n) is 8.88. The SMILES string of the molecule is N#Cc1c[nH]c2ccc(CCNC(=O)c3ccc(-c4cncnc4)cc3)cc12. The number of nitriles is 1. The summed E-state index contributed by atoms with van der Waals surface area (Å²) in [4.78, 5) is 23.5. The van der Waals surface area contributed by atoms with E-state index in [9.17, 15) is 4.79 Å². The molecule has 2 aromatic heterocycles. The molecule has 0 radical (unpaired) electrons. The van der Waals surface area contributed by atoms with E-state index in [1.165, 1.54) is 6.33 Å². The molecule has 4 aromatic rings. The molecule has 0 spiro atoms. The van der Waals surface area contributed by atoms with E-state index in [0.717, 1.165) is 27.6 Å². The summed E-state index contributed by atoms with van der Waals surface area (Å²) in [5.41, 5.74) is 5.12. The third-order valence-corrected chi connectivity index (χ3v) is 4.61. The van der Waals surface area contributed by atoms with Gasteiger partial charge in [-0.15, -0.1) is 0 Å². The summed E-state index contributed by atoms with van der Waals surface area (Å²) in [5.74, 6) is -0.115. The van der Waals surface area contributed by atoms with Crippen LogP contribution in [-0.4, -0.2) is 27.4 Å². The summed E-state index contributed by atoms with van der Waals surface area (Å²) in [6.07, 6.45) is 7.36.